The third kappa shape index (κ3) is 3.59. The molecule has 1 aromatic carbocycles. The van der Waals surface area contributed by atoms with Crippen LogP contribution in [0.2, 0.25) is 0 Å². The second-order valence-corrected chi connectivity index (χ2v) is 9.29. The standard InChI is InChI=1S/C21H27N3O2S/c1-24(2)18(25)16-4-3-5-17(9-16)22-20(27)23-19(26)21-10-13-6-14(11-21)8-15(7-13)12-21/h3-5,9,13-15H,6-8,10-12H2,1-2H3,(H2,22,23,26,27). The Morgan fingerprint density at radius 3 is 2.22 bits per heavy atom. The maximum atomic E-state index is 13.1. The largest absolute Gasteiger partial charge is 0.345 e. The molecule has 1 aromatic rings. The summed E-state index contributed by atoms with van der Waals surface area (Å²) in [4.78, 5) is 26.7. The molecule has 4 aliphatic rings. The molecule has 6 heteroatoms. The van der Waals surface area contributed by atoms with Crippen molar-refractivity contribution in [3.05, 3.63) is 29.8 Å². The highest BCUT2D eigenvalue weighted by Crippen LogP contribution is 2.60. The normalized spacial score (nSPS) is 30.7. The summed E-state index contributed by atoms with van der Waals surface area (Å²) in [6.07, 6.45) is 6.96. The first-order valence-corrected chi connectivity index (χ1v) is 10.2. The number of rotatable bonds is 3. The molecule has 0 saturated heterocycles. The summed E-state index contributed by atoms with van der Waals surface area (Å²) in [5, 5.41) is 6.32. The summed E-state index contributed by atoms with van der Waals surface area (Å²) in [7, 11) is 3.44. The average molecular weight is 386 g/mol. The van der Waals surface area contributed by atoms with E-state index >= 15 is 0 Å². The molecule has 0 atom stereocenters. The molecule has 27 heavy (non-hydrogen) atoms. The van der Waals surface area contributed by atoms with Crippen molar-refractivity contribution in [1.82, 2.24) is 10.2 Å². The topological polar surface area (TPSA) is 61.4 Å². The number of nitrogens with one attached hydrogen (secondary N) is 2. The van der Waals surface area contributed by atoms with E-state index < -0.39 is 0 Å². The predicted molar refractivity (Wildman–Crippen MR) is 109 cm³/mol. The minimum absolute atomic E-state index is 0.0674. The van der Waals surface area contributed by atoms with Crippen LogP contribution in [0.4, 0.5) is 5.69 Å². The maximum Gasteiger partial charge on any atom is 0.253 e. The molecular formula is C21H27N3O2S. The zero-order valence-corrected chi connectivity index (χ0v) is 16.8. The lowest BCUT2D eigenvalue weighted by Gasteiger charge is -2.55. The summed E-state index contributed by atoms with van der Waals surface area (Å²) in [6.45, 7) is 0. The molecule has 0 unspecified atom stereocenters. The van der Waals surface area contributed by atoms with Gasteiger partial charge in [0.15, 0.2) is 5.11 Å². The molecule has 0 aromatic heterocycles. The smallest absolute Gasteiger partial charge is 0.253 e. The number of thiocarbonyl (C=S) groups is 1. The highest BCUT2D eigenvalue weighted by Gasteiger charge is 2.54. The van der Waals surface area contributed by atoms with Crippen LogP contribution in [0.25, 0.3) is 0 Å². The van der Waals surface area contributed by atoms with E-state index in [1.807, 2.05) is 12.1 Å². The molecule has 0 radical (unpaired) electrons. The average Bonchev–Trinajstić information content (AvgIpc) is 2.60. The van der Waals surface area contributed by atoms with E-state index in [0.29, 0.717) is 16.4 Å². The van der Waals surface area contributed by atoms with Gasteiger partial charge in [-0.1, -0.05) is 6.07 Å². The molecule has 4 aliphatic carbocycles. The van der Waals surface area contributed by atoms with Gasteiger partial charge in [-0.05, 0) is 86.7 Å². The van der Waals surface area contributed by atoms with Crippen LogP contribution in [-0.2, 0) is 4.79 Å². The molecular weight excluding hydrogens is 358 g/mol. The molecule has 0 aliphatic heterocycles. The molecule has 5 nitrogen and oxygen atoms in total. The van der Waals surface area contributed by atoms with E-state index in [1.54, 1.807) is 26.2 Å². The van der Waals surface area contributed by atoms with Gasteiger partial charge in [-0.2, -0.15) is 0 Å². The third-order valence-corrected chi connectivity index (χ3v) is 6.72. The van der Waals surface area contributed by atoms with Crippen molar-refractivity contribution in [2.24, 2.45) is 23.2 Å². The van der Waals surface area contributed by atoms with Gasteiger partial charge in [-0.3, -0.25) is 9.59 Å². The fourth-order valence-corrected chi connectivity index (χ4v) is 5.99. The van der Waals surface area contributed by atoms with Gasteiger partial charge < -0.3 is 15.5 Å². The lowest BCUT2D eigenvalue weighted by molar-refractivity contribution is -0.144. The van der Waals surface area contributed by atoms with Crippen molar-refractivity contribution in [1.29, 1.82) is 0 Å². The van der Waals surface area contributed by atoms with Crippen LogP contribution in [0.15, 0.2) is 24.3 Å². The minimum Gasteiger partial charge on any atom is -0.345 e. The summed E-state index contributed by atoms with van der Waals surface area (Å²) >= 11 is 5.39. The van der Waals surface area contributed by atoms with Crippen LogP contribution < -0.4 is 10.6 Å². The molecule has 4 saturated carbocycles. The summed E-state index contributed by atoms with van der Waals surface area (Å²) in [5.41, 5.74) is 1.07. The molecule has 5 rings (SSSR count). The van der Waals surface area contributed by atoms with Crippen LogP contribution >= 0.6 is 12.2 Å². The van der Waals surface area contributed by atoms with Gasteiger partial charge in [-0.15, -0.1) is 0 Å². The van der Waals surface area contributed by atoms with Crippen molar-refractivity contribution in [3.63, 3.8) is 0 Å². The highest BCUT2D eigenvalue weighted by atomic mass is 32.1. The van der Waals surface area contributed by atoms with Crippen molar-refractivity contribution in [2.75, 3.05) is 19.4 Å². The second-order valence-electron chi connectivity index (χ2n) is 8.89. The number of carbonyl (C=O) groups is 2. The summed E-state index contributed by atoms with van der Waals surface area (Å²) in [6, 6.07) is 7.17. The number of benzene rings is 1. The zero-order valence-electron chi connectivity index (χ0n) is 16.0. The number of anilines is 1. The second kappa shape index (κ2) is 6.89. The molecule has 2 amide bonds. The molecule has 4 bridgehead atoms. The monoisotopic (exact) mass is 385 g/mol. The lowest BCUT2D eigenvalue weighted by atomic mass is 9.49. The Hall–Kier alpha value is -1.95. The van der Waals surface area contributed by atoms with Crippen molar-refractivity contribution in [3.8, 4) is 0 Å². The van der Waals surface area contributed by atoms with Crippen LogP contribution in [-0.4, -0.2) is 35.9 Å². The van der Waals surface area contributed by atoms with Crippen molar-refractivity contribution in [2.45, 2.75) is 38.5 Å². The Kier molecular flexibility index (Phi) is 4.70. The van der Waals surface area contributed by atoms with Gasteiger partial charge in [0.25, 0.3) is 5.91 Å². The molecule has 0 heterocycles. The maximum absolute atomic E-state index is 13.1. The highest BCUT2D eigenvalue weighted by molar-refractivity contribution is 7.80. The van der Waals surface area contributed by atoms with E-state index in [1.165, 1.54) is 24.2 Å². The van der Waals surface area contributed by atoms with Crippen LogP contribution in [0.5, 0.6) is 0 Å². The van der Waals surface area contributed by atoms with E-state index in [-0.39, 0.29) is 17.2 Å². The lowest BCUT2D eigenvalue weighted by Crippen LogP contribution is -2.55. The van der Waals surface area contributed by atoms with Crippen LogP contribution in [0.3, 0.4) is 0 Å². The van der Waals surface area contributed by atoms with E-state index in [2.05, 4.69) is 10.6 Å². The van der Waals surface area contributed by atoms with E-state index in [4.69, 9.17) is 12.2 Å². The first-order chi connectivity index (χ1) is 12.8. The van der Waals surface area contributed by atoms with Gasteiger partial charge in [0.2, 0.25) is 5.91 Å². The number of amides is 2. The fourth-order valence-electron chi connectivity index (χ4n) is 5.77. The summed E-state index contributed by atoms with van der Waals surface area (Å²) < 4.78 is 0. The van der Waals surface area contributed by atoms with Gasteiger partial charge in [0.05, 0.1) is 5.41 Å². The molecule has 4 fully saturated rings. The SMILES string of the molecule is CN(C)C(=O)c1cccc(NC(=S)NC(=O)C23CC4CC(CC(C4)C2)C3)c1. The minimum atomic E-state index is -0.219. The Morgan fingerprint density at radius 2 is 1.67 bits per heavy atom. The fraction of sp³-hybridized carbons (Fsp3) is 0.571. The summed E-state index contributed by atoms with van der Waals surface area (Å²) in [5.74, 6) is 2.17. The number of carbonyl (C=O) groups excluding carboxylic acids is 2. The Bertz CT molecular complexity index is 754. The zero-order chi connectivity index (χ0) is 19.2. The predicted octanol–water partition coefficient (Wildman–Crippen LogP) is 3.42. The van der Waals surface area contributed by atoms with Gasteiger partial charge >= 0.3 is 0 Å². The van der Waals surface area contributed by atoms with E-state index in [9.17, 15) is 9.59 Å². The first kappa shape index (κ1) is 18.4. The number of hydrogen-bond acceptors (Lipinski definition) is 3. The van der Waals surface area contributed by atoms with Crippen molar-refractivity contribution < 1.29 is 9.59 Å². The molecule has 144 valence electrons. The van der Waals surface area contributed by atoms with Crippen molar-refractivity contribution >= 4 is 34.8 Å². The number of nitrogens with zero attached hydrogens (tertiary/aromatic N) is 1. The van der Waals surface area contributed by atoms with Gasteiger partial charge in [0, 0.05) is 25.3 Å². The quantitative estimate of drug-likeness (QED) is 0.783. The van der Waals surface area contributed by atoms with Crippen LogP contribution in [0, 0.1) is 23.2 Å². The first-order valence-electron chi connectivity index (χ1n) is 9.79. The van der Waals surface area contributed by atoms with E-state index in [0.717, 1.165) is 37.0 Å². The molecule has 2 N–H and O–H groups in total. The van der Waals surface area contributed by atoms with Crippen LogP contribution in [0.1, 0.15) is 48.9 Å². The Labute approximate surface area is 165 Å². The Balaban J connectivity index is 1.41. The Morgan fingerprint density at radius 1 is 1.07 bits per heavy atom. The van der Waals surface area contributed by atoms with Gasteiger partial charge in [0.1, 0.15) is 0 Å². The third-order valence-electron chi connectivity index (χ3n) is 6.52. The molecule has 0 spiro atoms. The van der Waals surface area contributed by atoms with Gasteiger partial charge in [-0.25, -0.2) is 0 Å². The number of hydrogen-bond donors (Lipinski definition) is 2.